The van der Waals surface area contributed by atoms with Crippen LogP contribution >= 0.6 is 0 Å². The summed E-state index contributed by atoms with van der Waals surface area (Å²) in [6.07, 6.45) is 3.43. The molecule has 0 aliphatic rings. The molecule has 2 aromatic carbocycles. The minimum absolute atomic E-state index is 0.0818. The molecule has 0 saturated heterocycles. The van der Waals surface area contributed by atoms with Crippen LogP contribution in [0, 0.1) is 0 Å². The summed E-state index contributed by atoms with van der Waals surface area (Å²) in [4.78, 5) is 18.6. The Labute approximate surface area is 141 Å². The highest BCUT2D eigenvalue weighted by Crippen LogP contribution is 2.23. The van der Waals surface area contributed by atoms with Crippen LogP contribution in [0.15, 0.2) is 73.4 Å². The van der Waals surface area contributed by atoms with Gasteiger partial charge >= 0.3 is 0 Å². The highest BCUT2D eigenvalue weighted by atomic mass is 16.5. The number of carbonyl (C=O) groups is 1. The molecular weight excluding hydrogens is 300 g/mol. The quantitative estimate of drug-likeness (QED) is 0.666. The van der Waals surface area contributed by atoms with Gasteiger partial charge in [-0.1, -0.05) is 24.8 Å². The lowest BCUT2D eigenvalue weighted by Gasteiger charge is -2.18. The Morgan fingerprint density at radius 1 is 1.21 bits per heavy atom. The van der Waals surface area contributed by atoms with Crippen molar-refractivity contribution in [2.45, 2.75) is 0 Å². The molecule has 0 spiro atoms. The van der Waals surface area contributed by atoms with Crippen LogP contribution in [0.2, 0.25) is 0 Å². The summed E-state index contributed by atoms with van der Waals surface area (Å²) in [6.45, 7) is 4.06. The van der Waals surface area contributed by atoms with Gasteiger partial charge in [-0.3, -0.25) is 9.78 Å². The maximum Gasteiger partial charge on any atom is 0.258 e. The molecule has 0 fully saturated rings. The van der Waals surface area contributed by atoms with E-state index in [9.17, 15) is 4.79 Å². The van der Waals surface area contributed by atoms with Crippen LogP contribution in [0.4, 0.5) is 5.69 Å². The Hall–Kier alpha value is -3.14. The summed E-state index contributed by atoms with van der Waals surface area (Å²) >= 11 is 0. The van der Waals surface area contributed by atoms with E-state index in [4.69, 9.17) is 4.74 Å². The first-order valence-electron chi connectivity index (χ1n) is 7.65. The summed E-state index contributed by atoms with van der Waals surface area (Å²) in [5.74, 6) is 0.622. The van der Waals surface area contributed by atoms with E-state index >= 15 is 0 Å². The molecule has 0 N–H and O–H groups in total. The van der Waals surface area contributed by atoms with Crippen LogP contribution in [-0.4, -0.2) is 24.5 Å². The molecule has 1 heterocycles. The van der Waals surface area contributed by atoms with Crippen molar-refractivity contribution in [2.24, 2.45) is 0 Å². The molecule has 120 valence electrons. The topological polar surface area (TPSA) is 42.4 Å². The van der Waals surface area contributed by atoms with Gasteiger partial charge < -0.3 is 9.64 Å². The van der Waals surface area contributed by atoms with Gasteiger partial charge in [0.15, 0.2) is 0 Å². The monoisotopic (exact) mass is 318 g/mol. The Balaban J connectivity index is 1.86. The van der Waals surface area contributed by atoms with Gasteiger partial charge in [0.2, 0.25) is 0 Å². The number of rotatable bonds is 5. The van der Waals surface area contributed by atoms with Crippen LogP contribution < -0.4 is 9.64 Å². The Morgan fingerprint density at radius 3 is 2.92 bits per heavy atom. The smallest absolute Gasteiger partial charge is 0.258 e. The first kappa shape index (κ1) is 15.7. The second-order valence-corrected chi connectivity index (χ2v) is 5.37. The Morgan fingerprint density at radius 2 is 2.08 bits per heavy atom. The number of anilines is 1. The van der Waals surface area contributed by atoms with Gasteiger partial charge in [-0.05, 0) is 36.4 Å². The number of aromatic nitrogens is 1. The standard InChI is InChI=1S/C20H18N2O2/c1-3-12-24-18-8-4-7-17(14-18)22(2)20(23)16-9-10-19-15(13-16)6-5-11-21-19/h3-11,13-14H,1,12H2,2H3. The zero-order valence-corrected chi connectivity index (χ0v) is 13.5. The molecular formula is C20H18N2O2. The van der Waals surface area contributed by atoms with Crippen molar-refractivity contribution in [3.63, 3.8) is 0 Å². The van der Waals surface area contributed by atoms with Gasteiger partial charge in [0.25, 0.3) is 5.91 Å². The van der Waals surface area contributed by atoms with E-state index in [1.54, 1.807) is 30.3 Å². The van der Waals surface area contributed by atoms with Crippen molar-refractivity contribution in [2.75, 3.05) is 18.6 Å². The molecule has 0 saturated carbocycles. The molecule has 3 aromatic rings. The Bertz CT molecular complexity index is 889. The molecule has 0 unspecified atom stereocenters. The highest BCUT2D eigenvalue weighted by Gasteiger charge is 2.14. The molecule has 0 bridgehead atoms. The average molecular weight is 318 g/mol. The maximum atomic E-state index is 12.8. The molecule has 24 heavy (non-hydrogen) atoms. The summed E-state index contributed by atoms with van der Waals surface area (Å²) in [6, 6.07) is 16.8. The lowest BCUT2D eigenvalue weighted by atomic mass is 10.1. The minimum atomic E-state index is -0.0818. The number of pyridine rings is 1. The van der Waals surface area contributed by atoms with Crippen molar-refractivity contribution in [1.82, 2.24) is 4.98 Å². The number of benzene rings is 2. The first-order chi connectivity index (χ1) is 11.7. The van der Waals surface area contributed by atoms with Crippen LogP contribution in [0.5, 0.6) is 5.75 Å². The molecule has 0 aliphatic carbocycles. The number of fused-ring (bicyclic) bond motifs is 1. The summed E-state index contributed by atoms with van der Waals surface area (Å²) < 4.78 is 5.52. The van der Waals surface area contributed by atoms with E-state index in [-0.39, 0.29) is 5.91 Å². The minimum Gasteiger partial charge on any atom is -0.489 e. The number of ether oxygens (including phenoxy) is 1. The van der Waals surface area contributed by atoms with Crippen molar-refractivity contribution in [1.29, 1.82) is 0 Å². The average Bonchev–Trinajstić information content (AvgIpc) is 2.65. The zero-order chi connectivity index (χ0) is 16.9. The van der Waals surface area contributed by atoms with Crippen LogP contribution in [0.3, 0.4) is 0 Å². The fraction of sp³-hybridized carbons (Fsp3) is 0.100. The summed E-state index contributed by atoms with van der Waals surface area (Å²) in [5.41, 5.74) is 2.26. The normalized spacial score (nSPS) is 10.4. The van der Waals surface area contributed by atoms with Crippen molar-refractivity contribution in [3.8, 4) is 5.75 Å². The molecule has 1 aromatic heterocycles. The van der Waals surface area contributed by atoms with E-state index in [2.05, 4.69) is 11.6 Å². The number of amides is 1. The summed E-state index contributed by atoms with van der Waals surface area (Å²) in [7, 11) is 1.75. The molecule has 3 rings (SSSR count). The fourth-order valence-electron chi connectivity index (χ4n) is 2.46. The first-order valence-corrected chi connectivity index (χ1v) is 7.65. The lowest BCUT2D eigenvalue weighted by Crippen LogP contribution is -2.26. The molecule has 4 heteroatoms. The lowest BCUT2D eigenvalue weighted by molar-refractivity contribution is 0.0993. The van der Waals surface area contributed by atoms with E-state index in [0.29, 0.717) is 17.9 Å². The summed E-state index contributed by atoms with van der Waals surface area (Å²) in [5, 5.41) is 0.944. The third-order valence-corrected chi connectivity index (χ3v) is 3.73. The van der Waals surface area contributed by atoms with Crippen LogP contribution in [-0.2, 0) is 0 Å². The van der Waals surface area contributed by atoms with E-state index in [1.807, 2.05) is 48.5 Å². The number of carbonyl (C=O) groups excluding carboxylic acids is 1. The predicted octanol–water partition coefficient (Wildman–Crippen LogP) is 4.08. The van der Waals surface area contributed by atoms with Gasteiger partial charge in [0.1, 0.15) is 12.4 Å². The van der Waals surface area contributed by atoms with Crippen molar-refractivity contribution >= 4 is 22.5 Å². The second kappa shape index (κ2) is 6.96. The third-order valence-electron chi connectivity index (χ3n) is 3.73. The van der Waals surface area contributed by atoms with Gasteiger partial charge in [0, 0.05) is 35.9 Å². The molecule has 0 atom stereocenters. The number of nitrogens with zero attached hydrogens (tertiary/aromatic N) is 2. The Kier molecular flexibility index (Phi) is 4.57. The van der Waals surface area contributed by atoms with Crippen molar-refractivity contribution in [3.05, 3.63) is 79.0 Å². The predicted molar refractivity (Wildman–Crippen MR) is 96.6 cm³/mol. The van der Waals surface area contributed by atoms with Gasteiger partial charge in [0.05, 0.1) is 5.52 Å². The van der Waals surface area contributed by atoms with E-state index in [0.717, 1.165) is 16.6 Å². The van der Waals surface area contributed by atoms with Crippen LogP contribution in [0.1, 0.15) is 10.4 Å². The van der Waals surface area contributed by atoms with Gasteiger partial charge in [-0.15, -0.1) is 0 Å². The fourth-order valence-corrected chi connectivity index (χ4v) is 2.46. The highest BCUT2D eigenvalue weighted by molar-refractivity contribution is 6.07. The molecule has 0 radical (unpaired) electrons. The SMILES string of the molecule is C=CCOc1cccc(N(C)C(=O)c2ccc3ncccc3c2)c1. The largest absolute Gasteiger partial charge is 0.489 e. The van der Waals surface area contributed by atoms with Gasteiger partial charge in [-0.2, -0.15) is 0 Å². The van der Waals surface area contributed by atoms with E-state index in [1.165, 1.54) is 0 Å². The third kappa shape index (κ3) is 3.27. The molecule has 4 nitrogen and oxygen atoms in total. The maximum absolute atomic E-state index is 12.8. The van der Waals surface area contributed by atoms with Crippen molar-refractivity contribution < 1.29 is 9.53 Å². The second-order valence-electron chi connectivity index (χ2n) is 5.37. The van der Waals surface area contributed by atoms with E-state index < -0.39 is 0 Å². The molecule has 0 aliphatic heterocycles. The zero-order valence-electron chi connectivity index (χ0n) is 13.5. The molecule has 1 amide bonds. The van der Waals surface area contributed by atoms with Gasteiger partial charge in [-0.25, -0.2) is 0 Å². The number of hydrogen-bond acceptors (Lipinski definition) is 3. The number of hydrogen-bond donors (Lipinski definition) is 0. The van der Waals surface area contributed by atoms with Crippen LogP contribution in [0.25, 0.3) is 10.9 Å².